The van der Waals surface area contributed by atoms with Gasteiger partial charge in [-0.25, -0.2) is 9.97 Å². The minimum Gasteiger partial charge on any atom is -0.490 e. The number of ether oxygens (including phenoxy) is 2. The standard InChI is InChI=1S/C17H20N6O3S/c1-3-25-11-6-5-10(7-12(11)26-4-2)21-13(24)8-27-16-14-15(20-9-19-14)22-17(18)23-16/h5-7,9H,3-4,8H2,1-2H3,(H,21,24)(H3,18,19,20,22,23). The molecule has 10 heteroatoms. The Bertz CT molecular complexity index is 946. The van der Waals surface area contributed by atoms with Crippen LogP contribution in [0.2, 0.25) is 0 Å². The summed E-state index contributed by atoms with van der Waals surface area (Å²) in [6.07, 6.45) is 1.51. The Hall–Kier alpha value is -3.01. The van der Waals surface area contributed by atoms with Gasteiger partial charge in [-0.3, -0.25) is 4.79 Å². The highest BCUT2D eigenvalue weighted by atomic mass is 32.2. The van der Waals surface area contributed by atoms with E-state index in [-0.39, 0.29) is 17.6 Å². The quantitative estimate of drug-likeness (QED) is 0.396. The summed E-state index contributed by atoms with van der Waals surface area (Å²) in [6.45, 7) is 4.83. The van der Waals surface area contributed by atoms with E-state index < -0.39 is 0 Å². The van der Waals surface area contributed by atoms with E-state index in [1.54, 1.807) is 18.2 Å². The molecule has 0 aliphatic rings. The molecule has 0 atom stereocenters. The number of hydrogen-bond acceptors (Lipinski definition) is 8. The van der Waals surface area contributed by atoms with E-state index in [1.165, 1.54) is 18.1 Å². The number of nitrogens with zero attached hydrogens (tertiary/aromatic N) is 3. The summed E-state index contributed by atoms with van der Waals surface area (Å²) in [4.78, 5) is 27.5. The number of carbonyl (C=O) groups excluding carboxylic acids is 1. The highest BCUT2D eigenvalue weighted by Crippen LogP contribution is 2.31. The first-order valence-electron chi connectivity index (χ1n) is 8.39. The van der Waals surface area contributed by atoms with Gasteiger partial charge in [-0.05, 0) is 26.0 Å². The van der Waals surface area contributed by atoms with Crippen LogP contribution in [0, 0.1) is 0 Å². The number of amides is 1. The van der Waals surface area contributed by atoms with Gasteiger partial charge in [0.15, 0.2) is 17.1 Å². The predicted octanol–water partition coefficient (Wildman–Crippen LogP) is 2.46. The lowest BCUT2D eigenvalue weighted by atomic mass is 10.2. The Kier molecular flexibility index (Phi) is 5.97. The number of nitrogens with two attached hydrogens (primary N) is 1. The molecule has 1 amide bonds. The third kappa shape index (κ3) is 4.59. The Balaban J connectivity index is 1.66. The molecule has 0 unspecified atom stereocenters. The Morgan fingerprint density at radius 2 is 2.00 bits per heavy atom. The number of rotatable bonds is 8. The molecule has 0 saturated carbocycles. The Morgan fingerprint density at radius 1 is 1.22 bits per heavy atom. The van der Waals surface area contributed by atoms with E-state index in [9.17, 15) is 4.79 Å². The lowest BCUT2D eigenvalue weighted by molar-refractivity contribution is -0.113. The highest BCUT2D eigenvalue weighted by Gasteiger charge is 2.13. The van der Waals surface area contributed by atoms with Crippen molar-refractivity contribution in [2.75, 3.05) is 30.0 Å². The third-order valence-corrected chi connectivity index (χ3v) is 4.41. The van der Waals surface area contributed by atoms with Gasteiger partial charge in [0.25, 0.3) is 0 Å². The van der Waals surface area contributed by atoms with Crippen LogP contribution < -0.4 is 20.5 Å². The molecule has 2 heterocycles. The van der Waals surface area contributed by atoms with E-state index in [0.29, 0.717) is 46.6 Å². The average Bonchev–Trinajstić information content (AvgIpc) is 3.10. The first-order chi connectivity index (χ1) is 13.1. The minimum atomic E-state index is -0.184. The summed E-state index contributed by atoms with van der Waals surface area (Å²) in [5.74, 6) is 1.32. The molecule has 0 radical (unpaired) electrons. The van der Waals surface area contributed by atoms with E-state index in [4.69, 9.17) is 15.2 Å². The van der Waals surface area contributed by atoms with Crippen molar-refractivity contribution in [2.45, 2.75) is 18.9 Å². The topological polar surface area (TPSA) is 128 Å². The molecule has 4 N–H and O–H groups in total. The van der Waals surface area contributed by atoms with Gasteiger partial charge >= 0.3 is 0 Å². The summed E-state index contributed by atoms with van der Waals surface area (Å²) in [5, 5.41) is 3.42. The maximum atomic E-state index is 12.3. The molecular formula is C17H20N6O3S. The molecule has 0 aliphatic carbocycles. The molecular weight excluding hydrogens is 368 g/mol. The second kappa shape index (κ2) is 8.58. The summed E-state index contributed by atoms with van der Waals surface area (Å²) in [7, 11) is 0. The number of nitrogen functional groups attached to an aromatic ring is 1. The van der Waals surface area contributed by atoms with Crippen LogP contribution in [-0.2, 0) is 4.79 Å². The van der Waals surface area contributed by atoms with Crippen molar-refractivity contribution in [3.05, 3.63) is 24.5 Å². The largest absolute Gasteiger partial charge is 0.490 e. The molecule has 3 rings (SSSR count). The average molecular weight is 388 g/mol. The van der Waals surface area contributed by atoms with Crippen molar-refractivity contribution >= 4 is 40.5 Å². The predicted molar refractivity (Wildman–Crippen MR) is 104 cm³/mol. The van der Waals surface area contributed by atoms with Crippen molar-refractivity contribution in [3.8, 4) is 11.5 Å². The van der Waals surface area contributed by atoms with Crippen molar-refractivity contribution in [3.63, 3.8) is 0 Å². The molecule has 0 bridgehead atoms. The van der Waals surface area contributed by atoms with Gasteiger partial charge in [-0.2, -0.15) is 4.98 Å². The molecule has 142 valence electrons. The number of aromatic nitrogens is 4. The molecule has 0 fully saturated rings. The van der Waals surface area contributed by atoms with Gasteiger partial charge < -0.3 is 25.5 Å². The number of thioether (sulfide) groups is 1. The number of carbonyl (C=O) groups is 1. The van der Waals surface area contributed by atoms with Crippen LogP contribution in [0.1, 0.15) is 13.8 Å². The fourth-order valence-corrected chi connectivity index (χ4v) is 3.18. The zero-order chi connectivity index (χ0) is 19.2. The van der Waals surface area contributed by atoms with Crippen LogP contribution in [-0.4, -0.2) is 44.8 Å². The number of H-pyrrole nitrogens is 1. The normalized spacial score (nSPS) is 10.7. The molecule has 2 aromatic heterocycles. The molecule has 9 nitrogen and oxygen atoms in total. The van der Waals surface area contributed by atoms with Gasteiger partial charge in [0, 0.05) is 11.8 Å². The maximum Gasteiger partial charge on any atom is 0.234 e. The zero-order valence-electron chi connectivity index (χ0n) is 15.0. The number of imidazole rings is 1. The van der Waals surface area contributed by atoms with Crippen molar-refractivity contribution in [1.29, 1.82) is 0 Å². The highest BCUT2D eigenvalue weighted by molar-refractivity contribution is 8.00. The SMILES string of the molecule is CCOc1ccc(NC(=O)CSc2nc(N)nc3nc[nH]c23)cc1OCC. The van der Waals surface area contributed by atoms with E-state index in [0.717, 1.165) is 0 Å². The molecule has 0 saturated heterocycles. The summed E-state index contributed by atoms with van der Waals surface area (Å²) in [5.41, 5.74) is 7.43. The van der Waals surface area contributed by atoms with Gasteiger partial charge in [0.2, 0.25) is 11.9 Å². The number of benzene rings is 1. The lowest BCUT2D eigenvalue weighted by Gasteiger charge is -2.13. The van der Waals surface area contributed by atoms with E-state index >= 15 is 0 Å². The van der Waals surface area contributed by atoms with Crippen LogP contribution >= 0.6 is 11.8 Å². The number of anilines is 2. The van der Waals surface area contributed by atoms with Gasteiger partial charge in [0.05, 0.1) is 25.3 Å². The number of aromatic amines is 1. The monoisotopic (exact) mass is 388 g/mol. The smallest absolute Gasteiger partial charge is 0.234 e. The van der Waals surface area contributed by atoms with E-state index in [1.807, 2.05) is 13.8 Å². The molecule has 27 heavy (non-hydrogen) atoms. The minimum absolute atomic E-state index is 0.116. The molecule has 0 spiro atoms. The van der Waals surface area contributed by atoms with Gasteiger partial charge in [-0.15, -0.1) is 0 Å². The Morgan fingerprint density at radius 3 is 2.78 bits per heavy atom. The van der Waals surface area contributed by atoms with Gasteiger partial charge in [0.1, 0.15) is 10.5 Å². The Labute approximate surface area is 160 Å². The van der Waals surface area contributed by atoms with Crippen LogP contribution in [0.5, 0.6) is 11.5 Å². The number of hydrogen-bond donors (Lipinski definition) is 3. The first-order valence-corrected chi connectivity index (χ1v) is 9.38. The van der Waals surface area contributed by atoms with Crippen LogP contribution in [0.4, 0.5) is 11.6 Å². The van der Waals surface area contributed by atoms with Crippen LogP contribution in [0.15, 0.2) is 29.6 Å². The van der Waals surface area contributed by atoms with Crippen molar-refractivity contribution in [2.24, 2.45) is 0 Å². The fourth-order valence-electron chi connectivity index (χ4n) is 2.39. The van der Waals surface area contributed by atoms with Crippen molar-refractivity contribution < 1.29 is 14.3 Å². The summed E-state index contributed by atoms with van der Waals surface area (Å²) >= 11 is 1.25. The second-order valence-electron chi connectivity index (χ2n) is 5.35. The fraction of sp³-hybridized carbons (Fsp3) is 0.294. The van der Waals surface area contributed by atoms with E-state index in [2.05, 4.69) is 25.3 Å². The maximum absolute atomic E-state index is 12.3. The van der Waals surface area contributed by atoms with Crippen molar-refractivity contribution in [1.82, 2.24) is 19.9 Å². The summed E-state index contributed by atoms with van der Waals surface area (Å²) in [6, 6.07) is 5.29. The van der Waals surface area contributed by atoms with Crippen LogP contribution in [0.3, 0.4) is 0 Å². The second-order valence-corrected chi connectivity index (χ2v) is 6.32. The zero-order valence-corrected chi connectivity index (χ0v) is 15.8. The van der Waals surface area contributed by atoms with Gasteiger partial charge in [-0.1, -0.05) is 11.8 Å². The van der Waals surface area contributed by atoms with Crippen LogP contribution in [0.25, 0.3) is 11.2 Å². The first kappa shape index (κ1) is 18.8. The lowest BCUT2D eigenvalue weighted by Crippen LogP contribution is -2.14. The molecule has 0 aliphatic heterocycles. The number of nitrogens with one attached hydrogen (secondary N) is 2. The summed E-state index contributed by atoms with van der Waals surface area (Å²) < 4.78 is 11.1. The molecule has 1 aromatic carbocycles. The number of fused-ring (bicyclic) bond motifs is 1. The molecule has 3 aromatic rings. The third-order valence-electron chi connectivity index (χ3n) is 3.44.